The molecule has 2 aromatic rings. The average Bonchev–Trinajstić information content (AvgIpc) is 2.85. The lowest BCUT2D eigenvalue weighted by Crippen LogP contribution is -2.09. The first kappa shape index (κ1) is 13.7. The van der Waals surface area contributed by atoms with Crippen LogP contribution in [0.3, 0.4) is 0 Å². The van der Waals surface area contributed by atoms with Crippen LogP contribution in [0.4, 0.5) is 0 Å². The summed E-state index contributed by atoms with van der Waals surface area (Å²) < 4.78 is 20.4. The SMILES string of the molecule is COP(=O)(O)CCOC(=O)c1ccc2n[nH]nc2c1. The number of rotatable bonds is 5. The van der Waals surface area contributed by atoms with Gasteiger partial charge < -0.3 is 14.2 Å². The van der Waals surface area contributed by atoms with E-state index in [0.29, 0.717) is 16.6 Å². The van der Waals surface area contributed by atoms with Crippen molar-refractivity contribution in [3.05, 3.63) is 23.8 Å². The molecule has 0 amide bonds. The number of H-pyrrole nitrogens is 1. The second kappa shape index (κ2) is 5.48. The lowest BCUT2D eigenvalue weighted by Gasteiger charge is -2.09. The van der Waals surface area contributed by atoms with Gasteiger partial charge in [0.1, 0.15) is 17.6 Å². The third-order valence-corrected chi connectivity index (χ3v) is 3.76. The number of hydrogen-bond donors (Lipinski definition) is 2. The molecule has 102 valence electrons. The van der Waals surface area contributed by atoms with Gasteiger partial charge in [-0.1, -0.05) is 0 Å². The largest absolute Gasteiger partial charge is 0.461 e. The van der Waals surface area contributed by atoms with E-state index in [2.05, 4.69) is 19.9 Å². The molecular formula is C10H12N3O5P. The van der Waals surface area contributed by atoms with Gasteiger partial charge in [-0.3, -0.25) is 4.57 Å². The maximum absolute atomic E-state index is 11.7. The van der Waals surface area contributed by atoms with Crippen molar-refractivity contribution in [1.82, 2.24) is 15.4 Å². The van der Waals surface area contributed by atoms with Gasteiger partial charge >= 0.3 is 13.6 Å². The van der Waals surface area contributed by atoms with E-state index in [4.69, 9.17) is 9.63 Å². The third kappa shape index (κ3) is 3.37. The van der Waals surface area contributed by atoms with Crippen LogP contribution >= 0.6 is 7.60 Å². The molecule has 0 radical (unpaired) electrons. The van der Waals surface area contributed by atoms with E-state index < -0.39 is 13.6 Å². The average molecular weight is 285 g/mol. The number of hydrogen-bond acceptors (Lipinski definition) is 6. The fourth-order valence-corrected chi connectivity index (χ4v) is 1.90. The van der Waals surface area contributed by atoms with E-state index >= 15 is 0 Å². The van der Waals surface area contributed by atoms with Crippen molar-refractivity contribution >= 4 is 24.6 Å². The van der Waals surface area contributed by atoms with E-state index in [1.54, 1.807) is 12.1 Å². The first-order valence-electron chi connectivity index (χ1n) is 5.37. The highest BCUT2D eigenvalue weighted by atomic mass is 31.2. The van der Waals surface area contributed by atoms with Crippen LogP contribution in [0.5, 0.6) is 0 Å². The number of ether oxygens (including phenoxy) is 1. The Labute approximate surface area is 108 Å². The minimum Gasteiger partial charge on any atom is -0.461 e. The van der Waals surface area contributed by atoms with Crippen molar-refractivity contribution in [3.8, 4) is 0 Å². The zero-order valence-corrected chi connectivity index (χ0v) is 11.0. The second-order valence-electron chi connectivity index (χ2n) is 3.71. The molecule has 8 nitrogen and oxygen atoms in total. The van der Waals surface area contributed by atoms with Gasteiger partial charge in [0.15, 0.2) is 0 Å². The lowest BCUT2D eigenvalue weighted by atomic mass is 10.2. The molecule has 1 heterocycles. The zero-order chi connectivity index (χ0) is 13.9. The Hall–Kier alpha value is -1.76. The molecule has 0 aliphatic rings. The van der Waals surface area contributed by atoms with Crippen molar-refractivity contribution < 1.29 is 23.5 Å². The maximum atomic E-state index is 11.7. The summed E-state index contributed by atoms with van der Waals surface area (Å²) in [5.41, 5.74) is 1.47. The van der Waals surface area contributed by atoms with Gasteiger partial charge in [0.25, 0.3) is 0 Å². The number of esters is 1. The maximum Gasteiger partial charge on any atom is 0.338 e. The van der Waals surface area contributed by atoms with Crippen LogP contribution < -0.4 is 0 Å². The number of carbonyl (C=O) groups excluding carboxylic acids is 1. The van der Waals surface area contributed by atoms with E-state index in [0.717, 1.165) is 7.11 Å². The summed E-state index contributed by atoms with van der Waals surface area (Å²) in [7, 11) is -2.53. The molecular weight excluding hydrogens is 273 g/mol. The van der Waals surface area contributed by atoms with Crippen LogP contribution in [0.15, 0.2) is 18.2 Å². The molecule has 1 aromatic carbocycles. The normalized spacial score (nSPS) is 14.2. The number of aromatic nitrogens is 3. The Kier molecular flexibility index (Phi) is 3.94. The molecule has 0 bridgehead atoms. The Morgan fingerprint density at radius 1 is 1.42 bits per heavy atom. The molecule has 0 aliphatic heterocycles. The highest BCUT2D eigenvalue weighted by Gasteiger charge is 2.18. The molecule has 19 heavy (non-hydrogen) atoms. The molecule has 0 saturated carbocycles. The van der Waals surface area contributed by atoms with Crippen LogP contribution in [0, 0.1) is 0 Å². The Balaban J connectivity index is 1.98. The number of nitrogens with zero attached hydrogens (tertiary/aromatic N) is 2. The molecule has 1 aromatic heterocycles. The van der Waals surface area contributed by atoms with E-state index in [1.807, 2.05) is 0 Å². The van der Waals surface area contributed by atoms with Crippen molar-refractivity contribution in [2.75, 3.05) is 19.9 Å². The summed E-state index contributed by atoms with van der Waals surface area (Å²) in [6.45, 7) is -0.197. The van der Waals surface area contributed by atoms with Gasteiger partial charge in [-0.2, -0.15) is 15.4 Å². The van der Waals surface area contributed by atoms with Crippen LogP contribution in [0.1, 0.15) is 10.4 Å². The van der Waals surface area contributed by atoms with Gasteiger partial charge in [-0.15, -0.1) is 0 Å². The van der Waals surface area contributed by atoms with Crippen molar-refractivity contribution in [2.24, 2.45) is 0 Å². The highest BCUT2D eigenvalue weighted by molar-refractivity contribution is 7.52. The molecule has 9 heteroatoms. The standard InChI is InChI=1S/C10H12N3O5P/c1-17-19(15,16)5-4-18-10(14)7-2-3-8-9(6-7)12-13-11-8/h2-3,6H,4-5H2,1H3,(H,15,16)(H,11,12,13). The number of carbonyl (C=O) groups is 1. The topological polar surface area (TPSA) is 114 Å². The van der Waals surface area contributed by atoms with Gasteiger partial charge in [0, 0.05) is 7.11 Å². The van der Waals surface area contributed by atoms with Gasteiger partial charge in [0.05, 0.1) is 11.7 Å². The molecule has 0 spiro atoms. The minimum absolute atomic E-state index is 0.197. The van der Waals surface area contributed by atoms with E-state index in [9.17, 15) is 9.36 Å². The fourth-order valence-electron chi connectivity index (χ4n) is 1.40. The zero-order valence-electron chi connectivity index (χ0n) is 10.1. The van der Waals surface area contributed by atoms with Crippen molar-refractivity contribution in [1.29, 1.82) is 0 Å². The summed E-state index contributed by atoms with van der Waals surface area (Å²) in [6.07, 6.45) is -0.249. The number of nitrogens with one attached hydrogen (secondary N) is 1. The Morgan fingerprint density at radius 2 is 2.16 bits per heavy atom. The molecule has 0 aliphatic carbocycles. The van der Waals surface area contributed by atoms with E-state index in [1.165, 1.54) is 6.07 Å². The van der Waals surface area contributed by atoms with Gasteiger partial charge in [0.2, 0.25) is 0 Å². The summed E-state index contributed by atoms with van der Waals surface area (Å²) >= 11 is 0. The Morgan fingerprint density at radius 3 is 2.89 bits per heavy atom. The fraction of sp³-hybridized carbons (Fsp3) is 0.300. The van der Waals surface area contributed by atoms with Crippen LogP contribution in [-0.2, 0) is 13.8 Å². The summed E-state index contributed by atoms with van der Waals surface area (Å²) in [6, 6.07) is 4.69. The smallest absolute Gasteiger partial charge is 0.338 e. The second-order valence-corrected chi connectivity index (χ2v) is 5.79. The number of benzene rings is 1. The van der Waals surface area contributed by atoms with Crippen molar-refractivity contribution in [2.45, 2.75) is 0 Å². The first-order valence-corrected chi connectivity index (χ1v) is 7.13. The molecule has 0 fully saturated rings. The number of aromatic amines is 1. The molecule has 1 unspecified atom stereocenters. The van der Waals surface area contributed by atoms with Gasteiger partial charge in [-0.25, -0.2) is 4.79 Å². The number of fused-ring (bicyclic) bond motifs is 1. The van der Waals surface area contributed by atoms with Crippen LogP contribution in [0.2, 0.25) is 0 Å². The molecule has 1 atom stereocenters. The van der Waals surface area contributed by atoms with Crippen LogP contribution in [-0.4, -0.2) is 46.2 Å². The summed E-state index contributed by atoms with van der Waals surface area (Å²) in [5, 5.41) is 10.1. The Bertz CT molecular complexity index is 641. The lowest BCUT2D eigenvalue weighted by molar-refractivity contribution is 0.0525. The minimum atomic E-state index is -3.66. The molecule has 2 rings (SSSR count). The van der Waals surface area contributed by atoms with Crippen molar-refractivity contribution in [3.63, 3.8) is 0 Å². The quantitative estimate of drug-likeness (QED) is 0.620. The first-order chi connectivity index (χ1) is 9.02. The van der Waals surface area contributed by atoms with E-state index in [-0.39, 0.29) is 12.8 Å². The van der Waals surface area contributed by atoms with Crippen LogP contribution in [0.25, 0.3) is 11.0 Å². The molecule has 2 N–H and O–H groups in total. The third-order valence-electron chi connectivity index (χ3n) is 2.44. The summed E-state index contributed by atoms with van der Waals surface area (Å²) in [5.74, 6) is -0.596. The monoisotopic (exact) mass is 285 g/mol. The highest BCUT2D eigenvalue weighted by Crippen LogP contribution is 2.39. The van der Waals surface area contributed by atoms with Gasteiger partial charge in [-0.05, 0) is 18.2 Å². The summed E-state index contributed by atoms with van der Waals surface area (Å²) in [4.78, 5) is 20.8. The predicted octanol–water partition coefficient (Wildman–Crippen LogP) is 0.946. The predicted molar refractivity (Wildman–Crippen MR) is 65.9 cm³/mol. The molecule has 0 saturated heterocycles.